The number of amides is 1. The molecule has 0 unspecified atom stereocenters. The number of nitrogens with one attached hydrogen (secondary N) is 2. The van der Waals surface area contributed by atoms with Crippen molar-refractivity contribution in [2.75, 3.05) is 4.72 Å². The molecule has 4 aromatic heterocycles. The number of benzene rings is 2. The van der Waals surface area contributed by atoms with Gasteiger partial charge in [0.25, 0.3) is 21.5 Å². The second kappa shape index (κ2) is 13.0. The lowest BCUT2D eigenvalue weighted by Gasteiger charge is -2.16. The molecule has 0 saturated carbocycles. The van der Waals surface area contributed by atoms with Gasteiger partial charge in [0.1, 0.15) is 17.7 Å². The maximum absolute atomic E-state index is 15.1. The molecule has 0 bridgehead atoms. The van der Waals surface area contributed by atoms with Crippen LogP contribution >= 0.6 is 0 Å². The summed E-state index contributed by atoms with van der Waals surface area (Å²) in [6.07, 6.45) is 7.08. The van der Waals surface area contributed by atoms with Crippen molar-refractivity contribution in [1.82, 2.24) is 34.6 Å². The highest BCUT2D eigenvalue weighted by atomic mass is 32.2. The zero-order chi connectivity index (χ0) is 34.9. The molecule has 14 nitrogen and oxygen atoms in total. The van der Waals surface area contributed by atoms with Gasteiger partial charge >= 0.3 is 5.97 Å². The fourth-order valence-corrected chi connectivity index (χ4v) is 6.07. The minimum absolute atomic E-state index is 0.214. The quantitative estimate of drug-likeness (QED) is 0.193. The van der Waals surface area contributed by atoms with Crippen LogP contribution in [0.1, 0.15) is 16.1 Å². The van der Waals surface area contributed by atoms with Crippen LogP contribution in [0.3, 0.4) is 0 Å². The molecule has 248 valence electrons. The number of hydrogen-bond donors (Lipinski definition) is 3. The van der Waals surface area contributed by atoms with Crippen molar-refractivity contribution in [3.05, 3.63) is 125 Å². The van der Waals surface area contributed by atoms with Crippen molar-refractivity contribution in [3.63, 3.8) is 0 Å². The number of nitrogens with zero attached hydrogens (tertiary/aromatic N) is 6. The number of aryl methyl sites for hydroxylation is 1. The Morgan fingerprint density at radius 1 is 0.939 bits per heavy atom. The molecular formula is C32H24F2N8O6S. The van der Waals surface area contributed by atoms with E-state index in [9.17, 15) is 27.9 Å². The van der Waals surface area contributed by atoms with Crippen molar-refractivity contribution >= 4 is 38.5 Å². The molecule has 0 aliphatic carbocycles. The van der Waals surface area contributed by atoms with E-state index in [0.717, 1.165) is 0 Å². The number of sulfonamides is 1. The van der Waals surface area contributed by atoms with E-state index in [-0.39, 0.29) is 22.6 Å². The first kappa shape index (κ1) is 32.6. The summed E-state index contributed by atoms with van der Waals surface area (Å²) in [5.41, 5.74) is -0.233. The van der Waals surface area contributed by atoms with Crippen LogP contribution in [0.2, 0.25) is 0 Å². The number of rotatable bonds is 10. The molecule has 6 rings (SSSR count). The third-order valence-corrected chi connectivity index (χ3v) is 8.86. The Morgan fingerprint density at radius 2 is 1.67 bits per heavy atom. The average molecular weight is 687 g/mol. The first-order valence-corrected chi connectivity index (χ1v) is 15.8. The molecular weight excluding hydrogens is 662 g/mol. The van der Waals surface area contributed by atoms with Crippen molar-refractivity contribution < 1.29 is 31.9 Å². The first-order chi connectivity index (χ1) is 23.4. The van der Waals surface area contributed by atoms with Crippen molar-refractivity contribution in [1.29, 1.82) is 0 Å². The fourth-order valence-electron chi connectivity index (χ4n) is 5.02. The summed E-state index contributed by atoms with van der Waals surface area (Å²) < 4.78 is 60.8. The highest BCUT2D eigenvalue weighted by Crippen LogP contribution is 2.24. The number of carboxylic acids is 1. The summed E-state index contributed by atoms with van der Waals surface area (Å²) in [7, 11) is -2.72. The summed E-state index contributed by atoms with van der Waals surface area (Å²) in [4.78, 5) is 53.9. The van der Waals surface area contributed by atoms with E-state index in [2.05, 4.69) is 25.3 Å². The van der Waals surface area contributed by atoms with Crippen molar-refractivity contribution in [2.24, 2.45) is 7.05 Å². The minimum atomic E-state index is -4.39. The van der Waals surface area contributed by atoms with E-state index >= 15 is 8.78 Å². The van der Waals surface area contributed by atoms with Crippen LogP contribution in [0.5, 0.6) is 0 Å². The molecule has 0 radical (unpaired) electrons. The van der Waals surface area contributed by atoms with E-state index in [1.54, 1.807) is 30.1 Å². The van der Waals surface area contributed by atoms with E-state index in [4.69, 9.17) is 0 Å². The fraction of sp³-hybridized carbons (Fsp3) is 0.0938. The summed E-state index contributed by atoms with van der Waals surface area (Å²) in [6.45, 7) is 0. The summed E-state index contributed by atoms with van der Waals surface area (Å²) in [5.74, 6) is -4.98. The van der Waals surface area contributed by atoms with Crippen LogP contribution in [-0.2, 0) is 28.3 Å². The highest BCUT2D eigenvalue weighted by molar-refractivity contribution is 7.92. The van der Waals surface area contributed by atoms with E-state index < -0.39 is 50.8 Å². The zero-order valence-corrected chi connectivity index (χ0v) is 26.1. The number of carbonyl (C=O) groups is 2. The van der Waals surface area contributed by atoms with Gasteiger partial charge in [-0.15, -0.1) is 0 Å². The van der Waals surface area contributed by atoms with Gasteiger partial charge in [-0.05, 0) is 54.6 Å². The number of anilines is 1. The van der Waals surface area contributed by atoms with Gasteiger partial charge < -0.3 is 10.4 Å². The van der Waals surface area contributed by atoms with Gasteiger partial charge in [0.2, 0.25) is 0 Å². The molecule has 17 heteroatoms. The lowest BCUT2D eigenvalue weighted by Crippen LogP contribution is -2.42. The van der Waals surface area contributed by atoms with Gasteiger partial charge in [0.05, 0.1) is 45.1 Å². The van der Waals surface area contributed by atoms with Crippen molar-refractivity contribution in [2.45, 2.75) is 17.4 Å². The van der Waals surface area contributed by atoms with Crippen LogP contribution in [0, 0.1) is 11.6 Å². The highest BCUT2D eigenvalue weighted by Gasteiger charge is 2.26. The van der Waals surface area contributed by atoms with Crippen LogP contribution in [-0.4, -0.2) is 60.7 Å². The summed E-state index contributed by atoms with van der Waals surface area (Å²) in [6, 6.07) is 10.9. The number of aromatic nitrogens is 6. The number of fused-ring (bicyclic) bond motifs is 1. The van der Waals surface area contributed by atoms with Crippen LogP contribution < -0.4 is 15.6 Å². The molecule has 4 heterocycles. The third-order valence-electron chi connectivity index (χ3n) is 7.48. The molecule has 1 atom stereocenters. The van der Waals surface area contributed by atoms with Gasteiger partial charge in [-0.1, -0.05) is 0 Å². The maximum Gasteiger partial charge on any atom is 0.326 e. The Balaban J connectivity index is 1.15. The second-order valence-electron chi connectivity index (χ2n) is 10.6. The standard InChI is InChI=1S/C32H24F2N8O6S/c1-41-28-17-35-12-9-22(28)31(44)42(41)20-6-5-19(38-16-20)13-27(32(45)46)39-30(43)23-14-25(34)26(15-24(23)33)40-49(47,48)21-7-3-18(4-8-21)29-36-10-2-11-37-29/h2-12,14-17,27,40H,13H2,1H3,(H,39,43)(H,45,46)/t27-/m0/s1. The Labute approximate surface area is 275 Å². The number of aliphatic carboxylic acids is 1. The second-order valence-corrected chi connectivity index (χ2v) is 12.3. The average Bonchev–Trinajstić information content (AvgIpc) is 3.35. The molecule has 0 spiro atoms. The van der Waals surface area contributed by atoms with Gasteiger partial charge in [-0.3, -0.25) is 29.0 Å². The SMILES string of the molecule is Cn1c2cnccc2c(=O)n1-c1ccc(C[C@H](NC(=O)c2cc(F)c(NS(=O)(=O)c3ccc(-c4ncccn4)cc3)cc2F)C(=O)O)nc1. The van der Waals surface area contributed by atoms with E-state index in [1.165, 1.54) is 65.9 Å². The molecule has 0 saturated heterocycles. The molecule has 3 N–H and O–H groups in total. The molecule has 6 aromatic rings. The molecule has 1 amide bonds. The Morgan fingerprint density at radius 3 is 2.33 bits per heavy atom. The Kier molecular flexibility index (Phi) is 8.66. The molecule has 0 aliphatic heterocycles. The van der Waals surface area contributed by atoms with E-state index in [0.29, 0.717) is 40.1 Å². The van der Waals surface area contributed by atoms with Gasteiger partial charge in [0.15, 0.2) is 5.82 Å². The number of halogens is 2. The molecule has 0 fully saturated rings. The smallest absolute Gasteiger partial charge is 0.326 e. The summed E-state index contributed by atoms with van der Waals surface area (Å²) in [5, 5.41) is 12.3. The third kappa shape index (κ3) is 6.59. The number of hydrogen-bond acceptors (Lipinski definition) is 9. The first-order valence-electron chi connectivity index (χ1n) is 14.3. The lowest BCUT2D eigenvalue weighted by molar-refractivity contribution is -0.139. The monoisotopic (exact) mass is 686 g/mol. The number of carboxylic acid groups (broad SMARTS) is 1. The zero-order valence-electron chi connectivity index (χ0n) is 25.3. The lowest BCUT2D eigenvalue weighted by atomic mass is 10.1. The maximum atomic E-state index is 15.1. The van der Waals surface area contributed by atoms with Crippen LogP contribution in [0.15, 0.2) is 101 Å². The molecule has 0 aliphatic rings. The normalized spacial score (nSPS) is 12.1. The molecule has 49 heavy (non-hydrogen) atoms. The molecule has 2 aromatic carbocycles. The van der Waals surface area contributed by atoms with Gasteiger partial charge in [-0.25, -0.2) is 36.6 Å². The largest absolute Gasteiger partial charge is 0.480 e. The van der Waals surface area contributed by atoms with Gasteiger partial charge in [0, 0.05) is 49.4 Å². The number of carbonyl (C=O) groups excluding carboxylic acids is 1. The summed E-state index contributed by atoms with van der Waals surface area (Å²) >= 11 is 0. The van der Waals surface area contributed by atoms with Crippen molar-refractivity contribution in [3.8, 4) is 17.1 Å². The van der Waals surface area contributed by atoms with Crippen LogP contribution in [0.4, 0.5) is 14.5 Å². The van der Waals surface area contributed by atoms with Crippen LogP contribution in [0.25, 0.3) is 28.0 Å². The predicted octanol–water partition coefficient (Wildman–Crippen LogP) is 3.08. The minimum Gasteiger partial charge on any atom is -0.480 e. The predicted molar refractivity (Wildman–Crippen MR) is 171 cm³/mol. The van der Waals surface area contributed by atoms with Gasteiger partial charge in [-0.2, -0.15) is 0 Å². The number of pyridine rings is 2. The van der Waals surface area contributed by atoms with E-state index in [1.807, 2.05) is 4.72 Å². The Hall–Kier alpha value is -6.36. The Bertz CT molecular complexity index is 2380. The topological polar surface area (TPSA) is 191 Å².